The Morgan fingerprint density at radius 2 is 1.22 bits per heavy atom. The molecule has 0 spiro atoms. The van der Waals surface area contributed by atoms with Crippen molar-refractivity contribution in [1.82, 2.24) is 0 Å². The van der Waals surface area contributed by atoms with Gasteiger partial charge in [0.1, 0.15) is 0 Å². The summed E-state index contributed by atoms with van der Waals surface area (Å²) in [5.41, 5.74) is 12.5. The van der Waals surface area contributed by atoms with Crippen LogP contribution in [0.1, 0.15) is 13.8 Å². The maximum atomic E-state index is 5.75. The zero-order chi connectivity index (χ0) is 16.2. The fraction of sp³-hybridized carbons (Fsp3) is 0.143. The van der Waals surface area contributed by atoms with E-state index in [4.69, 9.17) is 5.73 Å². The molecule has 0 saturated carbocycles. The van der Waals surface area contributed by atoms with Crippen LogP contribution in [0.3, 0.4) is 0 Å². The molecule has 0 aliphatic carbocycles. The molecule has 23 heavy (non-hydrogen) atoms. The van der Waals surface area contributed by atoms with Crippen LogP contribution in [0.2, 0.25) is 0 Å². The number of nitrogens with two attached hydrogens (primary N) is 1. The topological polar surface area (TPSA) is 38.0 Å². The number of benzene rings is 3. The van der Waals surface area contributed by atoms with Crippen molar-refractivity contribution < 1.29 is 0 Å². The molecular weight excluding hydrogens is 280 g/mol. The monoisotopic (exact) mass is 302 g/mol. The van der Waals surface area contributed by atoms with E-state index < -0.39 is 0 Å². The van der Waals surface area contributed by atoms with Crippen molar-refractivity contribution >= 4 is 11.4 Å². The summed E-state index contributed by atoms with van der Waals surface area (Å²) < 4.78 is 0. The highest BCUT2D eigenvalue weighted by Gasteiger charge is 2.02. The minimum absolute atomic E-state index is 0.429. The van der Waals surface area contributed by atoms with E-state index in [2.05, 4.69) is 79.8 Å². The van der Waals surface area contributed by atoms with Crippen molar-refractivity contribution in [3.05, 3.63) is 72.8 Å². The van der Waals surface area contributed by atoms with Crippen LogP contribution in [-0.4, -0.2) is 6.04 Å². The number of hydrogen-bond acceptors (Lipinski definition) is 2. The van der Waals surface area contributed by atoms with E-state index in [1.807, 2.05) is 12.1 Å². The van der Waals surface area contributed by atoms with E-state index in [-0.39, 0.29) is 0 Å². The lowest BCUT2D eigenvalue weighted by Crippen LogP contribution is -2.09. The van der Waals surface area contributed by atoms with E-state index in [1.165, 1.54) is 22.3 Å². The van der Waals surface area contributed by atoms with Crippen LogP contribution in [0, 0.1) is 0 Å². The molecule has 3 aromatic rings. The first kappa shape index (κ1) is 15.2. The molecule has 0 unspecified atom stereocenters. The largest absolute Gasteiger partial charge is 0.399 e. The maximum Gasteiger partial charge on any atom is 0.0348 e. The minimum atomic E-state index is 0.429. The summed E-state index contributed by atoms with van der Waals surface area (Å²) >= 11 is 0. The summed E-state index contributed by atoms with van der Waals surface area (Å²) in [7, 11) is 0. The Morgan fingerprint density at radius 3 is 1.78 bits per heavy atom. The molecule has 2 nitrogen and oxygen atoms in total. The van der Waals surface area contributed by atoms with Gasteiger partial charge in [-0.2, -0.15) is 0 Å². The number of nitrogens with one attached hydrogen (secondary N) is 1. The predicted molar refractivity (Wildman–Crippen MR) is 100 cm³/mol. The number of anilines is 2. The van der Waals surface area contributed by atoms with Crippen molar-refractivity contribution in [1.29, 1.82) is 0 Å². The van der Waals surface area contributed by atoms with Crippen LogP contribution in [0.4, 0.5) is 11.4 Å². The number of rotatable bonds is 4. The first-order chi connectivity index (χ1) is 11.1. The average molecular weight is 302 g/mol. The minimum Gasteiger partial charge on any atom is -0.399 e. The molecule has 0 bridgehead atoms. The quantitative estimate of drug-likeness (QED) is 0.631. The first-order valence-electron chi connectivity index (χ1n) is 7.95. The summed E-state index contributed by atoms with van der Waals surface area (Å²) in [6.45, 7) is 4.29. The lowest BCUT2D eigenvalue weighted by atomic mass is 10.00. The van der Waals surface area contributed by atoms with Crippen LogP contribution < -0.4 is 11.1 Å². The zero-order valence-electron chi connectivity index (χ0n) is 13.6. The summed E-state index contributed by atoms with van der Waals surface area (Å²) in [5, 5.41) is 3.45. The van der Waals surface area contributed by atoms with E-state index in [1.54, 1.807) is 0 Å². The van der Waals surface area contributed by atoms with Crippen LogP contribution in [0.25, 0.3) is 22.3 Å². The predicted octanol–water partition coefficient (Wildman–Crippen LogP) is 5.42. The summed E-state index contributed by atoms with van der Waals surface area (Å²) in [6.07, 6.45) is 0. The van der Waals surface area contributed by atoms with Gasteiger partial charge in [0, 0.05) is 17.4 Å². The van der Waals surface area contributed by atoms with Crippen molar-refractivity contribution in [2.75, 3.05) is 11.1 Å². The van der Waals surface area contributed by atoms with Gasteiger partial charge < -0.3 is 11.1 Å². The molecule has 0 amide bonds. The SMILES string of the molecule is CC(C)Nc1cccc(-c2ccc(-c3ccc(N)cc3)cc2)c1. The Hall–Kier alpha value is -2.74. The normalized spacial score (nSPS) is 10.7. The second-order valence-electron chi connectivity index (χ2n) is 6.08. The lowest BCUT2D eigenvalue weighted by molar-refractivity contribution is 0.900. The van der Waals surface area contributed by atoms with Gasteiger partial charge in [0.05, 0.1) is 0 Å². The molecule has 3 aromatic carbocycles. The highest BCUT2D eigenvalue weighted by molar-refractivity contribution is 5.73. The molecule has 0 aliphatic rings. The van der Waals surface area contributed by atoms with Gasteiger partial charge in [0.15, 0.2) is 0 Å². The highest BCUT2D eigenvalue weighted by Crippen LogP contribution is 2.27. The van der Waals surface area contributed by atoms with Gasteiger partial charge in [-0.15, -0.1) is 0 Å². The third-order valence-electron chi connectivity index (χ3n) is 3.78. The molecule has 0 heterocycles. The molecule has 0 saturated heterocycles. The third-order valence-corrected chi connectivity index (χ3v) is 3.78. The van der Waals surface area contributed by atoms with Crippen molar-refractivity contribution in [2.24, 2.45) is 0 Å². The van der Waals surface area contributed by atoms with Crippen LogP contribution >= 0.6 is 0 Å². The van der Waals surface area contributed by atoms with Gasteiger partial charge in [-0.05, 0) is 60.4 Å². The Morgan fingerprint density at radius 1 is 0.696 bits per heavy atom. The Bertz CT molecular complexity index is 772. The summed E-state index contributed by atoms with van der Waals surface area (Å²) in [5.74, 6) is 0. The molecule has 0 fully saturated rings. The molecule has 3 rings (SSSR count). The summed E-state index contributed by atoms with van der Waals surface area (Å²) in [6, 6.07) is 25.6. The van der Waals surface area contributed by atoms with Crippen LogP contribution in [0.15, 0.2) is 72.8 Å². The van der Waals surface area contributed by atoms with E-state index in [0.717, 1.165) is 11.4 Å². The lowest BCUT2D eigenvalue weighted by Gasteiger charge is -2.11. The third kappa shape index (κ3) is 3.72. The van der Waals surface area contributed by atoms with Gasteiger partial charge in [-0.1, -0.05) is 48.5 Å². The first-order valence-corrected chi connectivity index (χ1v) is 7.95. The van der Waals surface area contributed by atoms with Crippen molar-refractivity contribution in [2.45, 2.75) is 19.9 Å². The van der Waals surface area contributed by atoms with Crippen LogP contribution in [0.5, 0.6) is 0 Å². The molecular formula is C21H22N2. The molecule has 2 heteroatoms. The van der Waals surface area contributed by atoms with Crippen molar-refractivity contribution in [3.8, 4) is 22.3 Å². The molecule has 0 radical (unpaired) electrons. The molecule has 0 atom stereocenters. The zero-order valence-corrected chi connectivity index (χ0v) is 13.6. The van der Waals surface area contributed by atoms with E-state index >= 15 is 0 Å². The standard InChI is InChI=1S/C21H22N2/c1-15(2)23-21-5-3-4-19(14-21)18-8-6-16(7-9-18)17-10-12-20(22)13-11-17/h3-15,23H,22H2,1-2H3. The molecule has 3 N–H and O–H groups in total. The van der Waals surface area contributed by atoms with Gasteiger partial charge in [0.25, 0.3) is 0 Å². The van der Waals surface area contributed by atoms with Gasteiger partial charge >= 0.3 is 0 Å². The average Bonchev–Trinajstić information content (AvgIpc) is 2.55. The number of nitrogen functional groups attached to an aromatic ring is 1. The highest BCUT2D eigenvalue weighted by atomic mass is 14.9. The molecule has 0 aromatic heterocycles. The maximum absolute atomic E-state index is 5.75. The van der Waals surface area contributed by atoms with E-state index in [9.17, 15) is 0 Å². The Balaban J connectivity index is 1.86. The van der Waals surface area contributed by atoms with Gasteiger partial charge in [0.2, 0.25) is 0 Å². The van der Waals surface area contributed by atoms with Crippen LogP contribution in [-0.2, 0) is 0 Å². The second kappa shape index (κ2) is 6.57. The smallest absolute Gasteiger partial charge is 0.0348 e. The molecule has 0 aliphatic heterocycles. The Labute approximate surface area is 138 Å². The molecule has 116 valence electrons. The van der Waals surface area contributed by atoms with E-state index in [0.29, 0.717) is 6.04 Å². The number of hydrogen-bond donors (Lipinski definition) is 2. The van der Waals surface area contributed by atoms with Gasteiger partial charge in [-0.3, -0.25) is 0 Å². The fourth-order valence-corrected chi connectivity index (χ4v) is 2.65. The van der Waals surface area contributed by atoms with Gasteiger partial charge in [-0.25, -0.2) is 0 Å². The van der Waals surface area contributed by atoms with Crippen molar-refractivity contribution in [3.63, 3.8) is 0 Å². The summed E-state index contributed by atoms with van der Waals surface area (Å²) in [4.78, 5) is 0. The Kier molecular flexibility index (Phi) is 4.33. The second-order valence-corrected chi connectivity index (χ2v) is 6.08. The fourth-order valence-electron chi connectivity index (χ4n) is 2.65.